The molecular formula is C16H25NO. The van der Waals surface area contributed by atoms with E-state index in [2.05, 4.69) is 38.2 Å². The van der Waals surface area contributed by atoms with Gasteiger partial charge in [0.2, 0.25) is 0 Å². The molecule has 18 heavy (non-hydrogen) atoms. The van der Waals surface area contributed by atoms with Crippen molar-refractivity contribution >= 4 is 0 Å². The van der Waals surface area contributed by atoms with Crippen molar-refractivity contribution in [1.29, 1.82) is 0 Å². The van der Waals surface area contributed by atoms with Crippen molar-refractivity contribution in [2.24, 2.45) is 11.3 Å². The summed E-state index contributed by atoms with van der Waals surface area (Å²) in [6.45, 7) is 7.93. The van der Waals surface area contributed by atoms with E-state index in [0.29, 0.717) is 17.4 Å². The van der Waals surface area contributed by atoms with Gasteiger partial charge in [-0.2, -0.15) is 0 Å². The summed E-state index contributed by atoms with van der Waals surface area (Å²) in [4.78, 5) is 0. The Balaban J connectivity index is 1.55. The largest absolute Gasteiger partial charge is 0.464 e. The standard InChI is InChI=1S/C16H25NO/c1-11-9-13(11)14-7-6-12(18-14)10-17-15-5-4-8-16(15,2)3/h6-7,11,13,15,17H,4-5,8-10H2,1-3H3. The molecular weight excluding hydrogens is 222 g/mol. The van der Waals surface area contributed by atoms with E-state index in [1.807, 2.05) is 0 Å². The summed E-state index contributed by atoms with van der Waals surface area (Å²) in [7, 11) is 0. The molecule has 1 N–H and O–H groups in total. The minimum atomic E-state index is 0.445. The lowest BCUT2D eigenvalue weighted by Crippen LogP contribution is -2.37. The highest BCUT2D eigenvalue weighted by Crippen LogP contribution is 2.47. The zero-order valence-electron chi connectivity index (χ0n) is 11.8. The number of nitrogens with one attached hydrogen (secondary N) is 1. The molecule has 0 amide bonds. The van der Waals surface area contributed by atoms with Crippen molar-refractivity contribution in [3.8, 4) is 0 Å². The second kappa shape index (κ2) is 4.41. The van der Waals surface area contributed by atoms with Crippen molar-refractivity contribution in [2.45, 2.75) is 65.0 Å². The van der Waals surface area contributed by atoms with Crippen LogP contribution in [-0.2, 0) is 6.54 Å². The molecule has 1 heterocycles. The predicted molar refractivity (Wildman–Crippen MR) is 73.5 cm³/mol. The molecule has 0 saturated heterocycles. The molecule has 2 fully saturated rings. The van der Waals surface area contributed by atoms with Gasteiger partial charge in [-0.3, -0.25) is 0 Å². The minimum absolute atomic E-state index is 0.445. The summed E-state index contributed by atoms with van der Waals surface area (Å²) in [5.74, 6) is 3.82. The van der Waals surface area contributed by atoms with Crippen LogP contribution in [0.3, 0.4) is 0 Å². The summed E-state index contributed by atoms with van der Waals surface area (Å²) in [6.07, 6.45) is 5.30. The summed E-state index contributed by atoms with van der Waals surface area (Å²) < 4.78 is 5.94. The fourth-order valence-corrected chi connectivity index (χ4v) is 3.34. The second-order valence-corrected chi connectivity index (χ2v) is 6.94. The van der Waals surface area contributed by atoms with Crippen LogP contribution in [0.5, 0.6) is 0 Å². The quantitative estimate of drug-likeness (QED) is 0.867. The lowest BCUT2D eigenvalue weighted by molar-refractivity contribution is 0.275. The van der Waals surface area contributed by atoms with Gasteiger partial charge >= 0.3 is 0 Å². The minimum Gasteiger partial charge on any atom is -0.464 e. The summed E-state index contributed by atoms with van der Waals surface area (Å²) in [5, 5.41) is 3.68. The normalized spacial score (nSPS) is 33.8. The maximum Gasteiger partial charge on any atom is 0.117 e. The number of rotatable bonds is 4. The second-order valence-electron chi connectivity index (χ2n) is 6.94. The third-order valence-electron chi connectivity index (χ3n) is 4.94. The Morgan fingerprint density at radius 3 is 2.78 bits per heavy atom. The smallest absolute Gasteiger partial charge is 0.117 e. The van der Waals surface area contributed by atoms with Gasteiger partial charge in [0, 0.05) is 12.0 Å². The van der Waals surface area contributed by atoms with Crippen LogP contribution >= 0.6 is 0 Å². The van der Waals surface area contributed by atoms with E-state index >= 15 is 0 Å². The van der Waals surface area contributed by atoms with Gasteiger partial charge in [-0.05, 0) is 42.7 Å². The monoisotopic (exact) mass is 247 g/mol. The van der Waals surface area contributed by atoms with Crippen LogP contribution in [0.15, 0.2) is 16.5 Å². The first kappa shape index (κ1) is 12.3. The van der Waals surface area contributed by atoms with E-state index in [4.69, 9.17) is 4.42 Å². The molecule has 2 nitrogen and oxygen atoms in total. The van der Waals surface area contributed by atoms with Crippen LogP contribution in [0.1, 0.15) is 63.9 Å². The SMILES string of the molecule is CC1CC1c1ccc(CNC2CCCC2(C)C)o1. The first-order chi connectivity index (χ1) is 8.56. The van der Waals surface area contributed by atoms with E-state index in [1.54, 1.807) is 0 Å². The topological polar surface area (TPSA) is 25.2 Å². The summed E-state index contributed by atoms with van der Waals surface area (Å²) in [5.41, 5.74) is 0.445. The van der Waals surface area contributed by atoms with Crippen molar-refractivity contribution < 1.29 is 4.42 Å². The van der Waals surface area contributed by atoms with Gasteiger partial charge < -0.3 is 9.73 Å². The Bertz CT molecular complexity index is 420. The molecule has 2 heteroatoms. The average Bonchev–Trinajstić information content (AvgIpc) is 2.75. The van der Waals surface area contributed by atoms with Crippen LogP contribution in [0.4, 0.5) is 0 Å². The number of hydrogen-bond donors (Lipinski definition) is 1. The Kier molecular flexibility index (Phi) is 3.01. The average molecular weight is 247 g/mol. The van der Waals surface area contributed by atoms with Gasteiger partial charge in [-0.1, -0.05) is 27.2 Å². The van der Waals surface area contributed by atoms with Crippen LogP contribution in [0, 0.1) is 11.3 Å². The molecule has 2 aliphatic rings. The van der Waals surface area contributed by atoms with Gasteiger partial charge in [-0.15, -0.1) is 0 Å². The molecule has 3 unspecified atom stereocenters. The molecule has 3 atom stereocenters. The van der Waals surface area contributed by atoms with Gasteiger partial charge in [0.25, 0.3) is 0 Å². The number of hydrogen-bond acceptors (Lipinski definition) is 2. The van der Waals surface area contributed by atoms with Gasteiger partial charge in [0.05, 0.1) is 6.54 Å². The summed E-state index contributed by atoms with van der Waals surface area (Å²) >= 11 is 0. The first-order valence-electron chi connectivity index (χ1n) is 7.38. The van der Waals surface area contributed by atoms with E-state index < -0.39 is 0 Å². The van der Waals surface area contributed by atoms with E-state index in [9.17, 15) is 0 Å². The van der Waals surface area contributed by atoms with Crippen LogP contribution in [-0.4, -0.2) is 6.04 Å². The van der Waals surface area contributed by atoms with Crippen molar-refractivity contribution in [3.05, 3.63) is 23.7 Å². The lowest BCUT2D eigenvalue weighted by Gasteiger charge is -2.27. The molecule has 2 aliphatic carbocycles. The van der Waals surface area contributed by atoms with Crippen LogP contribution in [0.25, 0.3) is 0 Å². The molecule has 0 aromatic carbocycles. The maximum absolute atomic E-state index is 5.94. The Morgan fingerprint density at radius 1 is 1.39 bits per heavy atom. The zero-order chi connectivity index (χ0) is 12.8. The van der Waals surface area contributed by atoms with Gasteiger partial charge in [0.15, 0.2) is 0 Å². The molecule has 2 saturated carbocycles. The van der Waals surface area contributed by atoms with Gasteiger partial charge in [-0.25, -0.2) is 0 Å². The highest BCUT2D eigenvalue weighted by molar-refractivity contribution is 5.17. The molecule has 0 bridgehead atoms. The van der Waals surface area contributed by atoms with Crippen molar-refractivity contribution in [2.75, 3.05) is 0 Å². The fraction of sp³-hybridized carbons (Fsp3) is 0.750. The van der Waals surface area contributed by atoms with Gasteiger partial charge in [0.1, 0.15) is 11.5 Å². The molecule has 0 radical (unpaired) electrons. The first-order valence-corrected chi connectivity index (χ1v) is 7.38. The Hall–Kier alpha value is -0.760. The molecule has 0 spiro atoms. The number of furan rings is 1. The highest BCUT2D eigenvalue weighted by Gasteiger charge is 2.37. The van der Waals surface area contributed by atoms with Crippen LogP contribution in [0.2, 0.25) is 0 Å². The van der Waals surface area contributed by atoms with Crippen molar-refractivity contribution in [3.63, 3.8) is 0 Å². The highest BCUT2D eigenvalue weighted by atomic mass is 16.3. The molecule has 100 valence electrons. The van der Waals surface area contributed by atoms with E-state index in [1.165, 1.54) is 31.4 Å². The molecule has 1 aromatic heterocycles. The Labute approximate surface area is 110 Å². The van der Waals surface area contributed by atoms with Crippen LogP contribution < -0.4 is 5.32 Å². The zero-order valence-corrected chi connectivity index (χ0v) is 11.8. The molecule has 1 aromatic rings. The maximum atomic E-state index is 5.94. The Morgan fingerprint density at radius 2 is 2.17 bits per heavy atom. The fourth-order valence-electron chi connectivity index (χ4n) is 3.34. The third-order valence-corrected chi connectivity index (χ3v) is 4.94. The predicted octanol–water partition coefficient (Wildman–Crippen LogP) is 4.07. The van der Waals surface area contributed by atoms with E-state index in [-0.39, 0.29) is 0 Å². The molecule has 3 rings (SSSR count). The van der Waals surface area contributed by atoms with E-state index in [0.717, 1.165) is 18.2 Å². The summed E-state index contributed by atoms with van der Waals surface area (Å²) in [6, 6.07) is 4.96. The third kappa shape index (κ3) is 2.35. The lowest BCUT2D eigenvalue weighted by atomic mass is 9.87. The van der Waals surface area contributed by atoms with Crippen molar-refractivity contribution in [1.82, 2.24) is 5.32 Å². The molecule has 0 aliphatic heterocycles.